The largest absolute Gasteiger partial charge is 0.458 e. The van der Waals surface area contributed by atoms with Crippen molar-refractivity contribution in [2.24, 2.45) is 0 Å². The number of aryl methyl sites for hydroxylation is 1. The summed E-state index contributed by atoms with van der Waals surface area (Å²) in [5.74, 6) is 0.932. The first-order chi connectivity index (χ1) is 10.8. The van der Waals surface area contributed by atoms with Crippen LogP contribution in [-0.2, 0) is 0 Å². The Bertz CT molecular complexity index is 784. The van der Waals surface area contributed by atoms with E-state index in [0.29, 0.717) is 6.01 Å². The zero-order valence-corrected chi connectivity index (χ0v) is 12.3. The highest BCUT2D eigenvalue weighted by Crippen LogP contribution is 2.20. The molecule has 0 saturated carbocycles. The van der Waals surface area contributed by atoms with E-state index in [0.717, 1.165) is 36.5 Å². The predicted molar refractivity (Wildman–Crippen MR) is 81.0 cm³/mol. The van der Waals surface area contributed by atoms with E-state index in [1.165, 1.54) is 0 Å². The van der Waals surface area contributed by atoms with Gasteiger partial charge in [0.2, 0.25) is 0 Å². The van der Waals surface area contributed by atoms with Crippen LogP contribution in [0.25, 0.3) is 5.65 Å². The summed E-state index contributed by atoms with van der Waals surface area (Å²) in [5.41, 5.74) is 1.88. The number of rotatable bonds is 3. The van der Waals surface area contributed by atoms with Crippen LogP contribution in [0.1, 0.15) is 12.0 Å². The van der Waals surface area contributed by atoms with Gasteiger partial charge in [-0.15, -0.1) is 5.10 Å². The maximum absolute atomic E-state index is 5.84. The molecule has 0 bridgehead atoms. The van der Waals surface area contributed by atoms with Crippen molar-refractivity contribution >= 4 is 11.5 Å². The first-order valence-corrected chi connectivity index (χ1v) is 7.28. The maximum atomic E-state index is 5.84. The lowest BCUT2D eigenvalue weighted by atomic mass is 10.3. The van der Waals surface area contributed by atoms with Crippen molar-refractivity contribution in [2.75, 3.05) is 18.0 Å². The zero-order valence-electron chi connectivity index (χ0n) is 12.3. The number of aromatic nitrogens is 5. The second-order valence-electron chi connectivity index (χ2n) is 5.44. The first-order valence-electron chi connectivity index (χ1n) is 7.28. The van der Waals surface area contributed by atoms with Crippen molar-refractivity contribution in [3.05, 3.63) is 42.5 Å². The van der Waals surface area contributed by atoms with Gasteiger partial charge in [-0.05, 0) is 24.6 Å². The Morgan fingerprint density at radius 2 is 2.05 bits per heavy atom. The highest BCUT2D eigenvalue weighted by atomic mass is 16.5. The molecule has 0 radical (unpaired) electrons. The minimum Gasteiger partial charge on any atom is -0.458 e. The molecule has 0 aliphatic carbocycles. The maximum Gasteiger partial charge on any atom is 0.316 e. The molecule has 1 unspecified atom stereocenters. The Hall–Kier alpha value is -2.70. The molecule has 4 rings (SSSR count). The number of imidazole rings is 1. The monoisotopic (exact) mass is 296 g/mol. The van der Waals surface area contributed by atoms with Gasteiger partial charge in [-0.3, -0.25) is 0 Å². The van der Waals surface area contributed by atoms with Gasteiger partial charge in [-0.2, -0.15) is 0 Å². The van der Waals surface area contributed by atoms with Crippen molar-refractivity contribution in [3.63, 3.8) is 0 Å². The van der Waals surface area contributed by atoms with E-state index in [1.54, 1.807) is 23.1 Å². The summed E-state index contributed by atoms with van der Waals surface area (Å²) in [6.07, 6.45) is 8.15. The van der Waals surface area contributed by atoms with Crippen LogP contribution < -0.4 is 9.64 Å². The summed E-state index contributed by atoms with van der Waals surface area (Å²) in [6, 6.07) is 4.41. The topological polar surface area (TPSA) is 68.4 Å². The van der Waals surface area contributed by atoms with Gasteiger partial charge in [0.05, 0.1) is 6.54 Å². The van der Waals surface area contributed by atoms with Crippen molar-refractivity contribution < 1.29 is 4.74 Å². The molecular formula is C15H16N6O. The molecule has 22 heavy (non-hydrogen) atoms. The molecule has 1 aliphatic rings. The summed E-state index contributed by atoms with van der Waals surface area (Å²) in [7, 11) is 0. The van der Waals surface area contributed by atoms with E-state index in [1.807, 2.05) is 25.3 Å². The fourth-order valence-electron chi connectivity index (χ4n) is 2.60. The van der Waals surface area contributed by atoms with Gasteiger partial charge in [-0.1, -0.05) is 0 Å². The molecule has 4 heterocycles. The summed E-state index contributed by atoms with van der Waals surface area (Å²) in [5, 5.41) is 4.56. The Labute approximate surface area is 127 Å². The predicted octanol–water partition coefficient (Wildman–Crippen LogP) is 1.49. The second-order valence-corrected chi connectivity index (χ2v) is 5.44. The van der Waals surface area contributed by atoms with E-state index in [-0.39, 0.29) is 6.10 Å². The van der Waals surface area contributed by atoms with Crippen LogP contribution in [0.15, 0.2) is 36.9 Å². The molecule has 7 heteroatoms. The van der Waals surface area contributed by atoms with Crippen LogP contribution >= 0.6 is 0 Å². The summed E-state index contributed by atoms with van der Waals surface area (Å²) in [4.78, 5) is 14.8. The smallest absolute Gasteiger partial charge is 0.316 e. The number of anilines is 1. The number of hydrogen-bond donors (Lipinski definition) is 0. The lowest BCUT2D eigenvalue weighted by Crippen LogP contribution is -2.26. The number of fused-ring (bicyclic) bond motifs is 1. The Kier molecular flexibility index (Phi) is 3.10. The Morgan fingerprint density at radius 1 is 1.18 bits per heavy atom. The lowest BCUT2D eigenvalue weighted by molar-refractivity contribution is 0.206. The van der Waals surface area contributed by atoms with E-state index >= 15 is 0 Å². The molecule has 3 aromatic heterocycles. The van der Waals surface area contributed by atoms with Crippen LogP contribution in [0.5, 0.6) is 6.01 Å². The number of nitrogens with zero attached hydrogens (tertiary/aromatic N) is 6. The molecule has 1 saturated heterocycles. The SMILES string of the molecule is Cc1cnc(OC2CCN(c3ccc4nccn4n3)C2)nc1. The standard InChI is InChI=1S/C15H16N6O/c1-11-8-17-15(18-9-11)22-12-4-6-20(10-12)14-3-2-13-16-5-7-21(13)19-14/h2-3,5,7-9,12H,4,6,10H2,1H3. The van der Waals surface area contributed by atoms with Crippen LogP contribution in [0.3, 0.4) is 0 Å². The molecule has 1 aliphatic heterocycles. The van der Waals surface area contributed by atoms with Gasteiger partial charge in [0.25, 0.3) is 0 Å². The van der Waals surface area contributed by atoms with Crippen molar-refractivity contribution in [2.45, 2.75) is 19.4 Å². The van der Waals surface area contributed by atoms with Crippen LogP contribution in [-0.4, -0.2) is 43.8 Å². The van der Waals surface area contributed by atoms with E-state index in [4.69, 9.17) is 4.74 Å². The minimum atomic E-state index is 0.0861. The van der Waals surface area contributed by atoms with Gasteiger partial charge in [0.1, 0.15) is 11.9 Å². The van der Waals surface area contributed by atoms with Crippen LogP contribution in [0, 0.1) is 6.92 Å². The first kappa shape index (κ1) is 13.0. The van der Waals surface area contributed by atoms with Crippen molar-refractivity contribution in [1.29, 1.82) is 0 Å². The minimum absolute atomic E-state index is 0.0861. The normalized spacial score (nSPS) is 18.0. The summed E-state index contributed by atoms with van der Waals surface area (Å²) >= 11 is 0. The van der Waals surface area contributed by atoms with Crippen LogP contribution in [0.2, 0.25) is 0 Å². The average molecular weight is 296 g/mol. The van der Waals surface area contributed by atoms with Gasteiger partial charge in [0.15, 0.2) is 5.65 Å². The third-order valence-electron chi connectivity index (χ3n) is 3.74. The summed E-state index contributed by atoms with van der Waals surface area (Å²) in [6.45, 7) is 3.65. The van der Waals surface area contributed by atoms with Crippen LogP contribution in [0.4, 0.5) is 5.82 Å². The lowest BCUT2D eigenvalue weighted by Gasteiger charge is -2.17. The van der Waals surface area contributed by atoms with Gasteiger partial charge >= 0.3 is 6.01 Å². The summed E-state index contributed by atoms with van der Waals surface area (Å²) < 4.78 is 7.63. The third-order valence-corrected chi connectivity index (χ3v) is 3.74. The Balaban J connectivity index is 1.46. The zero-order chi connectivity index (χ0) is 14.9. The van der Waals surface area contributed by atoms with E-state index < -0.39 is 0 Å². The van der Waals surface area contributed by atoms with Crippen molar-refractivity contribution in [1.82, 2.24) is 24.6 Å². The quantitative estimate of drug-likeness (QED) is 0.729. The molecule has 0 N–H and O–H groups in total. The molecule has 3 aromatic rings. The van der Waals surface area contributed by atoms with E-state index in [9.17, 15) is 0 Å². The highest BCUT2D eigenvalue weighted by molar-refractivity contribution is 5.46. The average Bonchev–Trinajstić information content (AvgIpc) is 3.17. The molecule has 112 valence electrons. The van der Waals surface area contributed by atoms with Crippen molar-refractivity contribution in [3.8, 4) is 6.01 Å². The Morgan fingerprint density at radius 3 is 2.91 bits per heavy atom. The second kappa shape index (κ2) is 5.25. The fraction of sp³-hybridized carbons (Fsp3) is 0.333. The van der Waals surface area contributed by atoms with Gasteiger partial charge in [-0.25, -0.2) is 19.5 Å². The molecule has 0 amide bonds. The fourth-order valence-corrected chi connectivity index (χ4v) is 2.60. The van der Waals surface area contributed by atoms with Gasteiger partial charge in [0, 0.05) is 37.8 Å². The molecule has 0 aromatic carbocycles. The molecular weight excluding hydrogens is 280 g/mol. The number of hydrogen-bond acceptors (Lipinski definition) is 6. The molecule has 1 fully saturated rings. The molecule has 7 nitrogen and oxygen atoms in total. The van der Waals surface area contributed by atoms with Gasteiger partial charge < -0.3 is 9.64 Å². The highest BCUT2D eigenvalue weighted by Gasteiger charge is 2.26. The molecule has 0 spiro atoms. The third kappa shape index (κ3) is 2.45. The molecule has 1 atom stereocenters. The number of ether oxygens (including phenoxy) is 1. The van der Waals surface area contributed by atoms with E-state index in [2.05, 4.69) is 25.0 Å².